The second kappa shape index (κ2) is 2.66. The zero-order valence-corrected chi connectivity index (χ0v) is 6.30. The molecular weight excluding hydrogens is 154 g/mol. The van der Waals surface area contributed by atoms with Crippen LogP contribution in [0.3, 0.4) is 0 Å². The van der Waals surface area contributed by atoms with Crippen LogP contribution < -0.4 is 5.73 Å². The van der Waals surface area contributed by atoms with E-state index in [4.69, 9.17) is 10.9 Å². The third-order valence-corrected chi connectivity index (χ3v) is 2.11. The predicted molar refractivity (Wildman–Crippen MR) is 35.2 cm³/mol. The summed E-state index contributed by atoms with van der Waals surface area (Å²) in [6.07, 6.45) is -2.93. The fourth-order valence-electron chi connectivity index (χ4n) is 1.29. The van der Waals surface area contributed by atoms with Crippen molar-refractivity contribution in [2.24, 2.45) is 11.1 Å². The van der Waals surface area contributed by atoms with Gasteiger partial charge in [-0.15, -0.1) is 0 Å². The number of nitrogens with zero attached hydrogens (tertiary/aromatic N) is 1. The summed E-state index contributed by atoms with van der Waals surface area (Å²) in [6.45, 7) is 1.37. The van der Waals surface area contributed by atoms with Crippen molar-refractivity contribution < 1.29 is 14.0 Å². The highest BCUT2D eigenvalue weighted by Crippen LogP contribution is 2.36. The molecule has 3 nitrogen and oxygen atoms in total. The Morgan fingerprint density at radius 3 is 2.45 bits per heavy atom. The van der Waals surface area contributed by atoms with E-state index in [2.05, 4.69) is 0 Å². The molecule has 3 N–H and O–H groups in total. The predicted octanol–water partition coefficient (Wildman–Crippen LogP) is 0.638. The molecule has 5 heteroatoms. The summed E-state index contributed by atoms with van der Waals surface area (Å²) in [4.78, 5) is 0. The number of rotatable bonds is 1. The van der Waals surface area contributed by atoms with Crippen LogP contribution in [0.15, 0.2) is 0 Å². The molecule has 0 aromatic carbocycles. The highest BCUT2D eigenvalue weighted by Gasteiger charge is 2.45. The van der Waals surface area contributed by atoms with Gasteiger partial charge in [0, 0.05) is 12.0 Å². The first-order valence-electron chi connectivity index (χ1n) is 3.45. The fraction of sp³-hybridized carbons (Fsp3) is 1.00. The van der Waals surface area contributed by atoms with Crippen molar-refractivity contribution >= 4 is 0 Å². The van der Waals surface area contributed by atoms with Gasteiger partial charge in [-0.25, -0.2) is 8.78 Å². The van der Waals surface area contributed by atoms with E-state index in [-0.39, 0.29) is 13.0 Å². The van der Waals surface area contributed by atoms with Gasteiger partial charge in [-0.1, -0.05) is 6.92 Å². The molecule has 66 valence electrons. The smallest absolute Gasteiger partial charge is 0.245 e. The third-order valence-electron chi connectivity index (χ3n) is 2.11. The van der Waals surface area contributed by atoms with Crippen molar-refractivity contribution in [2.75, 3.05) is 6.54 Å². The Labute approximate surface area is 63.7 Å². The summed E-state index contributed by atoms with van der Waals surface area (Å²) < 4.78 is 24.6. The summed E-state index contributed by atoms with van der Waals surface area (Å²) in [5, 5.41) is 9.73. The first-order valence-corrected chi connectivity index (χ1v) is 3.45. The van der Waals surface area contributed by atoms with Crippen LogP contribution >= 0.6 is 0 Å². The summed E-state index contributed by atoms with van der Waals surface area (Å²) in [5.41, 5.74) is 4.19. The summed E-state index contributed by atoms with van der Waals surface area (Å²) in [6, 6.07) is 0. The highest BCUT2D eigenvalue weighted by molar-refractivity contribution is 4.89. The Bertz CT molecular complexity index is 144. The minimum atomic E-state index is -2.43. The van der Waals surface area contributed by atoms with Crippen LogP contribution in [-0.4, -0.2) is 29.4 Å². The maximum Gasteiger partial charge on any atom is 0.245 e. The zero-order chi connectivity index (χ0) is 8.65. The van der Waals surface area contributed by atoms with Gasteiger partial charge >= 0.3 is 0 Å². The minimum Gasteiger partial charge on any atom is -0.314 e. The van der Waals surface area contributed by atoms with Crippen molar-refractivity contribution in [3.8, 4) is 0 Å². The molecule has 1 rings (SSSR count). The van der Waals surface area contributed by atoms with Gasteiger partial charge < -0.3 is 10.9 Å². The molecule has 1 saturated heterocycles. The van der Waals surface area contributed by atoms with Crippen LogP contribution in [0.5, 0.6) is 0 Å². The van der Waals surface area contributed by atoms with Crippen LogP contribution in [0, 0.1) is 5.41 Å². The van der Waals surface area contributed by atoms with Gasteiger partial charge in [0.25, 0.3) is 0 Å². The van der Waals surface area contributed by atoms with Crippen LogP contribution in [-0.2, 0) is 0 Å². The van der Waals surface area contributed by atoms with Crippen LogP contribution in [0.25, 0.3) is 0 Å². The molecule has 0 aromatic rings. The second-order valence-corrected chi connectivity index (χ2v) is 3.32. The highest BCUT2D eigenvalue weighted by atomic mass is 19.3. The average molecular weight is 166 g/mol. The maximum absolute atomic E-state index is 12.3. The molecule has 0 amide bonds. The molecule has 11 heavy (non-hydrogen) atoms. The Morgan fingerprint density at radius 2 is 2.27 bits per heavy atom. The lowest BCUT2D eigenvalue weighted by Gasteiger charge is -2.20. The Morgan fingerprint density at radius 1 is 1.73 bits per heavy atom. The van der Waals surface area contributed by atoms with E-state index in [1.165, 1.54) is 6.92 Å². The van der Waals surface area contributed by atoms with Crippen molar-refractivity contribution in [3.05, 3.63) is 0 Å². The zero-order valence-electron chi connectivity index (χ0n) is 6.30. The standard InChI is InChI=1S/C6H12F2N2O/c1-6(5(7)8)2-4(9)10(11)3-6/h4-5,11H,2-3,9H2,1H3. The largest absolute Gasteiger partial charge is 0.314 e. The quantitative estimate of drug-likeness (QED) is 0.601. The molecule has 2 unspecified atom stereocenters. The van der Waals surface area contributed by atoms with Crippen LogP contribution in [0.2, 0.25) is 0 Å². The molecule has 1 aliphatic rings. The lowest BCUT2D eigenvalue weighted by Crippen LogP contribution is -2.33. The monoisotopic (exact) mass is 166 g/mol. The molecule has 1 heterocycles. The van der Waals surface area contributed by atoms with Crippen molar-refractivity contribution in [1.29, 1.82) is 0 Å². The molecule has 0 radical (unpaired) electrons. The Balaban J connectivity index is 2.64. The van der Waals surface area contributed by atoms with Gasteiger partial charge in [0.15, 0.2) is 0 Å². The molecule has 0 saturated carbocycles. The molecule has 0 aromatic heterocycles. The summed E-state index contributed by atoms with van der Waals surface area (Å²) in [7, 11) is 0. The Hall–Kier alpha value is -0.260. The third kappa shape index (κ3) is 1.50. The van der Waals surface area contributed by atoms with E-state index in [1.54, 1.807) is 0 Å². The fourth-order valence-corrected chi connectivity index (χ4v) is 1.29. The number of hydrogen-bond donors (Lipinski definition) is 2. The van der Waals surface area contributed by atoms with Gasteiger partial charge in [-0.2, -0.15) is 5.06 Å². The number of hydroxylamine groups is 2. The topological polar surface area (TPSA) is 49.5 Å². The van der Waals surface area contributed by atoms with Crippen LogP contribution in [0.4, 0.5) is 8.78 Å². The van der Waals surface area contributed by atoms with E-state index in [0.29, 0.717) is 0 Å². The minimum absolute atomic E-state index is 0.0498. The summed E-state index contributed by atoms with van der Waals surface area (Å²) >= 11 is 0. The van der Waals surface area contributed by atoms with E-state index in [1.807, 2.05) is 0 Å². The molecule has 0 aliphatic carbocycles. The number of alkyl halides is 2. The number of hydrogen-bond acceptors (Lipinski definition) is 3. The van der Waals surface area contributed by atoms with E-state index in [9.17, 15) is 8.78 Å². The Kier molecular flexibility index (Phi) is 2.13. The molecule has 1 aliphatic heterocycles. The van der Waals surface area contributed by atoms with E-state index < -0.39 is 18.0 Å². The van der Waals surface area contributed by atoms with Crippen molar-refractivity contribution in [2.45, 2.75) is 25.9 Å². The number of halogens is 2. The second-order valence-electron chi connectivity index (χ2n) is 3.32. The van der Waals surface area contributed by atoms with E-state index in [0.717, 1.165) is 5.06 Å². The van der Waals surface area contributed by atoms with Gasteiger partial charge in [-0.3, -0.25) is 0 Å². The molecule has 1 fully saturated rings. The van der Waals surface area contributed by atoms with Gasteiger partial charge in [-0.05, 0) is 6.42 Å². The lowest BCUT2D eigenvalue weighted by molar-refractivity contribution is -0.114. The van der Waals surface area contributed by atoms with E-state index >= 15 is 0 Å². The van der Waals surface area contributed by atoms with Gasteiger partial charge in [0.1, 0.15) is 0 Å². The summed E-state index contributed by atoms with van der Waals surface area (Å²) in [5.74, 6) is 0. The molecule has 2 atom stereocenters. The SMILES string of the molecule is CC1(C(F)F)CC(N)N(O)C1. The van der Waals surface area contributed by atoms with Crippen molar-refractivity contribution in [1.82, 2.24) is 5.06 Å². The average Bonchev–Trinajstić information content (AvgIpc) is 2.09. The molecule has 0 bridgehead atoms. The molecule has 0 spiro atoms. The first-order chi connectivity index (χ1) is 4.96. The van der Waals surface area contributed by atoms with Crippen molar-refractivity contribution in [3.63, 3.8) is 0 Å². The van der Waals surface area contributed by atoms with Gasteiger partial charge in [0.05, 0.1) is 6.17 Å². The van der Waals surface area contributed by atoms with Crippen LogP contribution in [0.1, 0.15) is 13.3 Å². The van der Waals surface area contributed by atoms with Gasteiger partial charge in [0.2, 0.25) is 6.43 Å². The number of nitrogens with two attached hydrogens (primary N) is 1. The molecular formula is C6H12F2N2O. The first kappa shape index (κ1) is 8.83. The normalized spacial score (nSPS) is 40.4. The maximum atomic E-state index is 12.3. The lowest BCUT2D eigenvalue weighted by atomic mass is 9.90.